The first kappa shape index (κ1) is 19.9. The zero-order chi connectivity index (χ0) is 19.5. The second kappa shape index (κ2) is 7.88. The van der Waals surface area contributed by atoms with Crippen LogP contribution in [0.3, 0.4) is 0 Å². The molecule has 0 aliphatic rings. The van der Waals surface area contributed by atoms with Crippen molar-refractivity contribution in [2.24, 2.45) is 0 Å². The number of rotatable bonds is 5. The van der Waals surface area contributed by atoms with Gasteiger partial charge in [-0.2, -0.15) is 0 Å². The van der Waals surface area contributed by atoms with Gasteiger partial charge in [0.2, 0.25) is 5.91 Å². The Morgan fingerprint density at radius 2 is 1.81 bits per heavy atom. The first-order valence-electron chi connectivity index (χ1n) is 7.43. The lowest BCUT2D eigenvalue weighted by atomic mass is 10.2. The van der Waals surface area contributed by atoms with Crippen molar-refractivity contribution in [2.75, 3.05) is 17.1 Å². The predicted molar refractivity (Wildman–Crippen MR) is 102 cm³/mol. The van der Waals surface area contributed by atoms with Gasteiger partial charge in [0.1, 0.15) is 0 Å². The molecule has 0 bridgehead atoms. The van der Waals surface area contributed by atoms with Crippen molar-refractivity contribution >= 4 is 49.2 Å². The molecule has 0 aromatic heterocycles. The molecule has 26 heavy (non-hydrogen) atoms. The monoisotopic (exact) mass is 440 g/mol. The van der Waals surface area contributed by atoms with Crippen LogP contribution in [0.25, 0.3) is 0 Å². The molecule has 2 rings (SSSR count). The van der Waals surface area contributed by atoms with Crippen molar-refractivity contribution in [1.29, 1.82) is 0 Å². The molecule has 0 radical (unpaired) electrons. The summed E-state index contributed by atoms with van der Waals surface area (Å²) in [6.45, 7) is 3.16. The molecule has 0 spiro atoms. The molecule has 1 amide bonds. The normalized spacial score (nSPS) is 10.9. The second-order valence-corrected chi connectivity index (χ2v) is 7.99. The Kier molecular flexibility index (Phi) is 6.04. The van der Waals surface area contributed by atoms with Crippen molar-refractivity contribution in [3.05, 3.63) is 52.0 Å². The average molecular weight is 441 g/mol. The molecular formula is C17H17BrN2O5S. The molecule has 9 heteroatoms. The van der Waals surface area contributed by atoms with Gasteiger partial charge in [0.15, 0.2) is 0 Å². The van der Waals surface area contributed by atoms with E-state index in [0.29, 0.717) is 10.2 Å². The highest BCUT2D eigenvalue weighted by Gasteiger charge is 2.19. The third-order valence-corrected chi connectivity index (χ3v) is 5.52. The van der Waals surface area contributed by atoms with Gasteiger partial charge >= 0.3 is 5.97 Å². The molecule has 7 nitrogen and oxygen atoms in total. The number of nitrogens with one attached hydrogen (secondary N) is 2. The van der Waals surface area contributed by atoms with Crippen LogP contribution in [0.1, 0.15) is 22.8 Å². The SMILES string of the molecule is COC(=O)c1cc(S(=O)(=O)Nc2ccc(C)c(NC(C)=O)c2)ccc1Br. The van der Waals surface area contributed by atoms with E-state index in [1.165, 1.54) is 38.3 Å². The molecule has 138 valence electrons. The van der Waals surface area contributed by atoms with E-state index in [0.717, 1.165) is 5.56 Å². The van der Waals surface area contributed by atoms with Gasteiger partial charge in [0.25, 0.3) is 10.0 Å². The number of sulfonamides is 1. The standard InChI is InChI=1S/C17H17BrN2O5S/c1-10-4-5-12(8-16(10)19-11(2)21)20-26(23,24)13-6-7-15(18)14(9-13)17(22)25-3/h4-9,20H,1-3H3,(H,19,21). The molecule has 0 aliphatic carbocycles. The van der Waals surface area contributed by atoms with E-state index < -0.39 is 16.0 Å². The van der Waals surface area contributed by atoms with Gasteiger partial charge in [0, 0.05) is 17.1 Å². The Labute approximate surface area is 159 Å². The number of methoxy groups -OCH3 is 1. The molecule has 0 aliphatic heterocycles. The fraction of sp³-hybridized carbons (Fsp3) is 0.176. The van der Waals surface area contributed by atoms with E-state index in [1.807, 2.05) is 0 Å². The largest absolute Gasteiger partial charge is 0.465 e. The quantitative estimate of drug-likeness (QED) is 0.694. The molecule has 2 aromatic rings. The zero-order valence-corrected chi connectivity index (χ0v) is 16.7. The van der Waals surface area contributed by atoms with Crippen molar-refractivity contribution in [3.8, 4) is 0 Å². The fourth-order valence-electron chi connectivity index (χ4n) is 2.16. The third kappa shape index (κ3) is 4.61. The summed E-state index contributed by atoms with van der Waals surface area (Å²) in [6.07, 6.45) is 0. The smallest absolute Gasteiger partial charge is 0.339 e. The Morgan fingerprint density at radius 3 is 2.42 bits per heavy atom. The number of aryl methyl sites for hydroxylation is 1. The molecule has 0 heterocycles. The van der Waals surface area contributed by atoms with Crippen LogP contribution in [-0.2, 0) is 19.6 Å². The first-order valence-corrected chi connectivity index (χ1v) is 9.70. The number of benzene rings is 2. The molecule has 0 saturated heterocycles. The number of hydrogen-bond acceptors (Lipinski definition) is 5. The van der Waals surface area contributed by atoms with Crippen LogP contribution >= 0.6 is 15.9 Å². The summed E-state index contributed by atoms with van der Waals surface area (Å²) in [4.78, 5) is 22.9. The van der Waals surface area contributed by atoms with E-state index in [4.69, 9.17) is 0 Å². The Hall–Kier alpha value is -2.39. The highest BCUT2D eigenvalue weighted by atomic mass is 79.9. The summed E-state index contributed by atoms with van der Waals surface area (Å²) in [5, 5.41) is 2.64. The Balaban J connectivity index is 2.37. The van der Waals surface area contributed by atoms with E-state index in [1.54, 1.807) is 19.1 Å². The minimum absolute atomic E-state index is 0.0947. The second-order valence-electron chi connectivity index (χ2n) is 5.45. The molecule has 0 unspecified atom stereocenters. The van der Waals surface area contributed by atoms with Crippen LogP contribution in [0, 0.1) is 6.92 Å². The number of halogens is 1. The van der Waals surface area contributed by atoms with Crippen molar-refractivity contribution in [2.45, 2.75) is 18.7 Å². The van der Waals surface area contributed by atoms with Gasteiger partial charge in [-0.15, -0.1) is 0 Å². The zero-order valence-electron chi connectivity index (χ0n) is 14.3. The summed E-state index contributed by atoms with van der Waals surface area (Å²) < 4.78 is 32.8. The number of carbonyl (C=O) groups excluding carboxylic acids is 2. The van der Waals surface area contributed by atoms with Crippen LogP contribution in [0.4, 0.5) is 11.4 Å². The van der Waals surface area contributed by atoms with Crippen LogP contribution in [0.15, 0.2) is 45.8 Å². The number of anilines is 2. The topological polar surface area (TPSA) is 102 Å². The summed E-state index contributed by atoms with van der Waals surface area (Å²) >= 11 is 3.19. The summed E-state index contributed by atoms with van der Waals surface area (Å²) in [5.41, 5.74) is 1.67. The van der Waals surface area contributed by atoms with Crippen LogP contribution in [0.2, 0.25) is 0 Å². The van der Waals surface area contributed by atoms with Gasteiger partial charge in [-0.05, 0) is 58.7 Å². The van der Waals surface area contributed by atoms with E-state index in [-0.39, 0.29) is 22.1 Å². The van der Waals surface area contributed by atoms with Crippen molar-refractivity contribution in [1.82, 2.24) is 0 Å². The highest BCUT2D eigenvalue weighted by molar-refractivity contribution is 9.10. The lowest BCUT2D eigenvalue weighted by molar-refractivity contribution is -0.114. The molecule has 2 aromatic carbocycles. The van der Waals surface area contributed by atoms with Crippen molar-refractivity contribution < 1.29 is 22.7 Å². The van der Waals surface area contributed by atoms with Crippen LogP contribution in [-0.4, -0.2) is 27.4 Å². The van der Waals surface area contributed by atoms with Gasteiger partial charge < -0.3 is 10.1 Å². The minimum Gasteiger partial charge on any atom is -0.465 e. The minimum atomic E-state index is -3.94. The summed E-state index contributed by atoms with van der Waals surface area (Å²) in [7, 11) is -2.73. The maximum absolute atomic E-state index is 12.6. The van der Waals surface area contributed by atoms with Crippen LogP contribution in [0.5, 0.6) is 0 Å². The first-order chi connectivity index (χ1) is 12.1. The Bertz CT molecular complexity index is 973. The van der Waals surface area contributed by atoms with Gasteiger partial charge in [-0.25, -0.2) is 13.2 Å². The molecule has 2 N–H and O–H groups in total. The fourth-order valence-corrected chi connectivity index (χ4v) is 3.65. The van der Waals surface area contributed by atoms with Gasteiger partial charge in [0.05, 0.1) is 23.3 Å². The molecule has 0 fully saturated rings. The number of hydrogen-bond donors (Lipinski definition) is 2. The lowest BCUT2D eigenvalue weighted by Gasteiger charge is -2.13. The van der Waals surface area contributed by atoms with Gasteiger partial charge in [-0.1, -0.05) is 6.07 Å². The number of amides is 1. The average Bonchev–Trinajstić information content (AvgIpc) is 2.56. The maximum atomic E-state index is 12.6. The summed E-state index contributed by atoms with van der Waals surface area (Å²) in [6, 6.07) is 8.83. The molecule has 0 saturated carbocycles. The third-order valence-electron chi connectivity index (χ3n) is 3.45. The van der Waals surface area contributed by atoms with Gasteiger partial charge in [-0.3, -0.25) is 9.52 Å². The Morgan fingerprint density at radius 1 is 1.12 bits per heavy atom. The van der Waals surface area contributed by atoms with Crippen molar-refractivity contribution in [3.63, 3.8) is 0 Å². The summed E-state index contributed by atoms with van der Waals surface area (Å²) in [5.74, 6) is -0.916. The predicted octanol–water partition coefficient (Wildman–Crippen LogP) is 3.30. The maximum Gasteiger partial charge on any atom is 0.339 e. The molecular weight excluding hydrogens is 424 g/mol. The molecule has 0 atom stereocenters. The lowest BCUT2D eigenvalue weighted by Crippen LogP contribution is -2.15. The van der Waals surface area contributed by atoms with Crippen LogP contribution < -0.4 is 10.0 Å². The highest BCUT2D eigenvalue weighted by Crippen LogP contribution is 2.25. The number of ether oxygens (including phenoxy) is 1. The van der Waals surface area contributed by atoms with E-state index in [9.17, 15) is 18.0 Å². The number of carbonyl (C=O) groups is 2. The number of esters is 1. The van der Waals surface area contributed by atoms with E-state index >= 15 is 0 Å². The van der Waals surface area contributed by atoms with E-state index in [2.05, 4.69) is 30.7 Å².